The number of benzene rings is 1. The monoisotopic (exact) mass is 246 g/mol. The summed E-state index contributed by atoms with van der Waals surface area (Å²) >= 11 is 0. The van der Waals surface area contributed by atoms with Crippen molar-refractivity contribution in [3.8, 4) is 5.75 Å². The van der Waals surface area contributed by atoms with Crippen molar-refractivity contribution in [2.75, 3.05) is 7.11 Å². The molecule has 96 valence electrons. The van der Waals surface area contributed by atoms with Gasteiger partial charge in [0.15, 0.2) is 0 Å². The van der Waals surface area contributed by atoms with E-state index in [2.05, 4.69) is 6.08 Å². The molecule has 0 bridgehead atoms. The highest BCUT2D eigenvalue weighted by Crippen LogP contribution is 2.29. The molecule has 0 spiro atoms. The molecule has 18 heavy (non-hydrogen) atoms. The number of allylic oxidation sites excluding steroid dienone is 2. The number of methoxy groups -OCH3 is 1. The number of ether oxygens (including phenoxy) is 1. The molecule has 0 heterocycles. The van der Waals surface area contributed by atoms with E-state index in [0.29, 0.717) is 6.42 Å². The summed E-state index contributed by atoms with van der Waals surface area (Å²) in [4.78, 5) is 11.2. The first kappa shape index (κ1) is 12.7. The van der Waals surface area contributed by atoms with Crippen molar-refractivity contribution in [1.29, 1.82) is 0 Å². The maximum Gasteiger partial charge on any atom is 0.307 e. The predicted molar refractivity (Wildman–Crippen MR) is 69.7 cm³/mol. The zero-order chi connectivity index (χ0) is 13.0. The number of hydrogen-bond donors (Lipinski definition) is 1. The molecule has 0 saturated heterocycles. The lowest BCUT2D eigenvalue weighted by molar-refractivity contribution is -0.143. The van der Waals surface area contributed by atoms with Crippen molar-refractivity contribution >= 4 is 5.97 Å². The fourth-order valence-corrected chi connectivity index (χ4v) is 2.46. The molecule has 2 atom stereocenters. The van der Waals surface area contributed by atoms with E-state index >= 15 is 0 Å². The Kier molecular flexibility index (Phi) is 4.03. The van der Waals surface area contributed by atoms with Crippen LogP contribution in [0.1, 0.15) is 18.4 Å². The van der Waals surface area contributed by atoms with Gasteiger partial charge >= 0.3 is 5.97 Å². The van der Waals surface area contributed by atoms with Gasteiger partial charge in [-0.3, -0.25) is 4.79 Å². The van der Waals surface area contributed by atoms with Crippen LogP contribution in [0.2, 0.25) is 0 Å². The number of carboxylic acid groups (broad SMARTS) is 1. The highest BCUT2D eigenvalue weighted by molar-refractivity contribution is 5.71. The second-order valence-corrected chi connectivity index (χ2v) is 4.70. The van der Waals surface area contributed by atoms with E-state index in [1.54, 1.807) is 7.11 Å². The number of aliphatic carboxylic acids is 1. The van der Waals surface area contributed by atoms with Crippen molar-refractivity contribution in [2.24, 2.45) is 11.8 Å². The van der Waals surface area contributed by atoms with Crippen molar-refractivity contribution < 1.29 is 14.6 Å². The van der Waals surface area contributed by atoms with Gasteiger partial charge in [-0.15, -0.1) is 0 Å². The first-order chi connectivity index (χ1) is 8.70. The lowest BCUT2D eigenvalue weighted by atomic mass is 9.79. The highest BCUT2D eigenvalue weighted by Gasteiger charge is 2.28. The quantitative estimate of drug-likeness (QED) is 0.831. The number of rotatable bonds is 4. The molecular formula is C15H18O3. The molecule has 1 aromatic rings. The van der Waals surface area contributed by atoms with Crippen LogP contribution < -0.4 is 4.74 Å². The van der Waals surface area contributed by atoms with E-state index in [1.807, 2.05) is 30.3 Å². The van der Waals surface area contributed by atoms with Crippen LogP contribution in [0, 0.1) is 11.8 Å². The van der Waals surface area contributed by atoms with Gasteiger partial charge in [0, 0.05) is 0 Å². The van der Waals surface area contributed by atoms with E-state index in [-0.39, 0.29) is 11.8 Å². The summed E-state index contributed by atoms with van der Waals surface area (Å²) in [6.07, 6.45) is 6.38. The summed E-state index contributed by atoms with van der Waals surface area (Å²) < 4.78 is 5.11. The van der Waals surface area contributed by atoms with Gasteiger partial charge in [0.05, 0.1) is 13.0 Å². The van der Waals surface area contributed by atoms with Crippen LogP contribution in [0.4, 0.5) is 0 Å². The molecule has 0 aromatic heterocycles. The molecule has 0 radical (unpaired) electrons. The Labute approximate surface area is 107 Å². The lowest BCUT2D eigenvalue weighted by Crippen LogP contribution is -2.26. The van der Waals surface area contributed by atoms with Gasteiger partial charge in [-0.2, -0.15) is 0 Å². The van der Waals surface area contributed by atoms with Crippen LogP contribution in [0.15, 0.2) is 36.4 Å². The number of carbonyl (C=O) groups is 1. The minimum Gasteiger partial charge on any atom is -0.497 e. The second kappa shape index (κ2) is 5.71. The Bertz CT molecular complexity index is 434. The minimum atomic E-state index is -0.683. The van der Waals surface area contributed by atoms with Gasteiger partial charge in [-0.25, -0.2) is 0 Å². The van der Waals surface area contributed by atoms with Gasteiger partial charge < -0.3 is 9.84 Å². The maximum absolute atomic E-state index is 11.2. The molecule has 3 nitrogen and oxygen atoms in total. The van der Waals surface area contributed by atoms with Crippen molar-refractivity contribution in [1.82, 2.24) is 0 Å². The molecule has 3 heteroatoms. The second-order valence-electron chi connectivity index (χ2n) is 4.70. The Balaban J connectivity index is 2.06. The van der Waals surface area contributed by atoms with Crippen molar-refractivity contribution in [3.05, 3.63) is 42.0 Å². The largest absolute Gasteiger partial charge is 0.497 e. The smallest absolute Gasteiger partial charge is 0.307 e. The molecule has 0 amide bonds. The molecule has 1 aromatic carbocycles. The summed E-state index contributed by atoms with van der Waals surface area (Å²) in [6, 6.07) is 7.86. The van der Waals surface area contributed by atoms with Crippen LogP contribution in [0.5, 0.6) is 5.75 Å². The standard InChI is InChI=1S/C15H18O3/c1-18-13-8-6-11(7-9-13)10-12-4-2-3-5-14(12)15(16)17/h2-3,6-9,12,14H,4-5,10H2,1H3,(H,16,17). The van der Waals surface area contributed by atoms with E-state index in [0.717, 1.165) is 18.6 Å². The van der Waals surface area contributed by atoms with Gasteiger partial charge in [0.25, 0.3) is 0 Å². The van der Waals surface area contributed by atoms with Gasteiger partial charge in [-0.05, 0) is 42.9 Å². The third-order valence-corrected chi connectivity index (χ3v) is 3.54. The zero-order valence-electron chi connectivity index (χ0n) is 10.5. The first-order valence-corrected chi connectivity index (χ1v) is 6.21. The Morgan fingerprint density at radius 3 is 2.56 bits per heavy atom. The SMILES string of the molecule is COc1ccc(CC2CC=CCC2C(=O)O)cc1. The number of hydrogen-bond acceptors (Lipinski definition) is 2. The number of carboxylic acids is 1. The topological polar surface area (TPSA) is 46.5 Å². The molecule has 2 rings (SSSR count). The normalized spacial score (nSPS) is 22.7. The summed E-state index contributed by atoms with van der Waals surface area (Å²) in [6.45, 7) is 0. The van der Waals surface area contributed by atoms with Crippen molar-refractivity contribution in [2.45, 2.75) is 19.3 Å². The third-order valence-electron chi connectivity index (χ3n) is 3.54. The van der Waals surface area contributed by atoms with E-state index < -0.39 is 5.97 Å². The molecule has 0 fully saturated rings. The van der Waals surface area contributed by atoms with E-state index in [9.17, 15) is 9.90 Å². The van der Waals surface area contributed by atoms with E-state index in [4.69, 9.17) is 4.74 Å². The van der Waals surface area contributed by atoms with Gasteiger partial charge in [0.1, 0.15) is 5.75 Å². The van der Waals surface area contributed by atoms with Crippen LogP contribution in [-0.4, -0.2) is 18.2 Å². The molecule has 1 N–H and O–H groups in total. The zero-order valence-corrected chi connectivity index (χ0v) is 10.5. The summed E-state index contributed by atoms with van der Waals surface area (Å²) in [5.41, 5.74) is 1.17. The van der Waals surface area contributed by atoms with E-state index in [1.165, 1.54) is 5.56 Å². The van der Waals surface area contributed by atoms with Crippen LogP contribution in [0.25, 0.3) is 0 Å². The average Bonchev–Trinajstić information content (AvgIpc) is 2.40. The summed E-state index contributed by atoms with van der Waals surface area (Å²) in [5, 5.41) is 9.21. The third kappa shape index (κ3) is 2.92. The lowest BCUT2D eigenvalue weighted by Gasteiger charge is -2.25. The Morgan fingerprint density at radius 1 is 1.28 bits per heavy atom. The minimum absolute atomic E-state index is 0.195. The molecule has 0 saturated carbocycles. The molecule has 1 aliphatic carbocycles. The highest BCUT2D eigenvalue weighted by atomic mass is 16.5. The molecule has 0 aliphatic heterocycles. The average molecular weight is 246 g/mol. The van der Waals surface area contributed by atoms with Gasteiger partial charge in [-0.1, -0.05) is 24.3 Å². The predicted octanol–water partition coefficient (Wildman–Crippen LogP) is 2.90. The maximum atomic E-state index is 11.2. The molecular weight excluding hydrogens is 228 g/mol. The summed E-state index contributed by atoms with van der Waals surface area (Å²) in [7, 11) is 1.64. The molecule has 2 unspecified atom stereocenters. The fourth-order valence-electron chi connectivity index (χ4n) is 2.46. The van der Waals surface area contributed by atoms with Crippen molar-refractivity contribution in [3.63, 3.8) is 0 Å². The van der Waals surface area contributed by atoms with Crippen LogP contribution in [0.3, 0.4) is 0 Å². The van der Waals surface area contributed by atoms with Crippen LogP contribution in [-0.2, 0) is 11.2 Å². The van der Waals surface area contributed by atoms with Crippen LogP contribution >= 0.6 is 0 Å². The first-order valence-electron chi connectivity index (χ1n) is 6.21. The fraction of sp³-hybridized carbons (Fsp3) is 0.400. The Hall–Kier alpha value is -1.77. The Morgan fingerprint density at radius 2 is 1.94 bits per heavy atom. The van der Waals surface area contributed by atoms with Gasteiger partial charge in [0.2, 0.25) is 0 Å². The molecule has 1 aliphatic rings. The summed E-state index contributed by atoms with van der Waals surface area (Å²) in [5.74, 6) is 0.0907.